The van der Waals surface area contributed by atoms with E-state index in [0.29, 0.717) is 6.61 Å². The van der Waals surface area contributed by atoms with E-state index < -0.39 is 0 Å². The Labute approximate surface area is 92.0 Å². The number of aliphatic hydroxyl groups excluding tert-OH is 1. The Hall–Kier alpha value is -1.39. The van der Waals surface area contributed by atoms with Crippen LogP contribution in [-0.2, 0) is 13.2 Å². The van der Waals surface area contributed by atoms with Gasteiger partial charge in [-0.1, -0.05) is 18.2 Å². The molecule has 1 aromatic heterocycles. The second-order valence-corrected chi connectivity index (χ2v) is 4.18. The van der Waals surface area contributed by atoms with Crippen LogP contribution in [0.2, 0.25) is 0 Å². The number of benzene rings is 1. The molecule has 1 heterocycles. The molecule has 0 saturated heterocycles. The maximum atomic E-state index is 8.87. The molecule has 0 bridgehead atoms. The van der Waals surface area contributed by atoms with Crippen LogP contribution in [0.5, 0.6) is 5.75 Å². The van der Waals surface area contributed by atoms with Crippen LogP contribution in [0.3, 0.4) is 0 Å². The Bertz CT molecular complexity index is 414. The standard InChI is InChI=1S/C11H11NO2S/c13-7-10-6-12-11(15-10)8-14-9-4-2-1-3-5-9/h1-6,13H,7-8H2. The van der Waals surface area contributed by atoms with Crippen LogP contribution in [-0.4, -0.2) is 10.1 Å². The third kappa shape index (κ3) is 2.78. The van der Waals surface area contributed by atoms with Crippen molar-refractivity contribution in [3.63, 3.8) is 0 Å². The molecule has 0 amide bonds. The van der Waals surface area contributed by atoms with Crippen LogP contribution in [0.4, 0.5) is 0 Å². The molecule has 0 unspecified atom stereocenters. The lowest BCUT2D eigenvalue weighted by atomic mass is 10.3. The van der Waals surface area contributed by atoms with E-state index in [0.717, 1.165) is 15.6 Å². The van der Waals surface area contributed by atoms with Crippen LogP contribution in [0, 0.1) is 0 Å². The van der Waals surface area contributed by atoms with Crippen LogP contribution in [0.1, 0.15) is 9.88 Å². The van der Waals surface area contributed by atoms with Gasteiger partial charge in [-0.05, 0) is 12.1 Å². The molecular weight excluding hydrogens is 210 g/mol. The van der Waals surface area contributed by atoms with E-state index in [9.17, 15) is 0 Å². The van der Waals surface area contributed by atoms with Crippen LogP contribution >= 0.6 is 11.3 Å². The van der Waals surface area contributed by atoms with Crippen molar-refractivity contribution in [2.75, 3.05) is 0 Å². The molecule has 2 rings (SSSR count). The van der Waals surface area contributed by atoms with Gasteiger partial charge >= 0.3 is 0 Å². The first-order valence-electron chi connectivity index (χ1n) is 4.61. The Morgan fingerprint density at radius 2 is 2.07 bits per heavy atom. The lowest BCUT2D eigenvalue weighted by Crippen LogP contribution is -1.93. The summed E-state index contributed by atoms with van der Waals surface area (Å²) >= 11 is 1.47. The first kappa shape index (κ1) is 10.1. The molecular formula is C11H11NO2S. The Balaban J connectivity index is 1.93. The van der Waals surface area contributed by atoms with E-state index in [1.165, 1.54) is 11.3 Å². The number of nitrogens with zero attached hydrogens (tertiary/aromatic N) is 1. The highest BCUT2D eigenvalue weighted by Crippen LogP contribution is 2.16. The maximum Gasteiger partial charge on any atom is 0.140 e. The predicted octanol–water partition coefficient (Wildman–Crippen LogP) is 2.21. The predicted molar refractivity (Wildman–Crippen MR) is 58.8 cm³/mol. The molecule has 0 atom stereocenters. The first-order chi connectivity index (χ1) is 7.38. The zero-order valence-electron chi connectivity index (χ0n) is 8.09. The fourth-order valence-electron chi connectivity index (χ4n) is 1.15. The molecule has 0 aliphatic heterocycles. The summed E-state index contributed by atoms with van der Waals surface area (Å²) in [5, 5.41) is 9.74. The average molecular weight is 221 g/mol. The van der Waals surface area contributed by atoms with E-state index in [1.54, 1.807) is 6.20 Å². The molecule has 3 nitrogen and oxygen atoms in total. The highest BCUT2D eigenvalue weighted by atomic mass is 32.1. The van der Waals surface area contributed by atoms with Crippen molar-refractivity contribution in [1.82, 2.24) is 4.98 Å². The molecule has 0 aliphatic carbocycles. The molecule has 15 heavy (non-hydrogen) atoms. The molecule has 0 radical (unpaired) electrons. The molecule has 1 N–H and O–H groups in total. The lowest BCUT2D eigenvalue weighted by Gasteiger charge is -2.02. The zero-order valence-corrected chi connectivity index (χ0v) is 8.91. The number of aliphatic hydroxyl groups is 1. The second-order valence-electron chi connectivity index (χ2n) is 2.98. The highest BCUT2D eigenvalue weighted by Gasteiger charge is 2.01. The average Bonchev–Trinajstić information content (AvgIpc) is 2.76. The summed E-state index contributed by atoms with van der Waals surface area (Å²) in [6.07, 6.45) is 1.67. The van der Waals surface area contributed by atoms with Gasteiger partial charge in [-0.3, -0.25) is 0 Å². The Kier molecular flexibility index (Phi) is 3.32. The smallest absolute Gasteiger partial charge is 0.140 e. The Morgan fingerprint density at radius 1 is 1.27 bits per heavy atom. The summed E-state index contributed by atoms with van der Waals surface area (Å²) in [6, 6.07) is 9.61. The van der Waals surface area contributed by atoms with Gasteiger partial charge in [-0.2, -0.15) is 0 Å². The van der Waals surface area contributed by atoms with Crippen molar-refractivity contribution >= 4 is 11.3 Å². The fourth-order valence-corrected chi connectivity index (χ4v) is 1.85. The summed E-state index contributed by atoms with van der Waals surface area (Å²) < 4.78 is 5.52. The number of thiazole rings is 1. The van der Waals surface area contributed by atoms with Gasteiger partial charge in [0.1, 0.15) is 17.4 Å². The van der Waals surface area contributed by atoms with Crippen molar-refractivity contribution in [1.29, 1.82) is 0 Å². The van der Waals surface area contributed by atoms with Crippen molar-refractivity contribution in [2.24, 2.45) is 0 Å². The van der Waals surface area contributed by atoms with E-state index in [2.05, 4.69) is 4.98 Å². The molecule has 0 aliphatic rings. The van der Waals surface area contributed by atoms with E-state index in [1.807, 2.05) is 30.3 Å². The number of aromatic nitrogens is 1. The van der Waals surface area contributed by atoms with E-state index in [4.69, 9.17) is 9.84 Å². The largest absolute Gasteiger partial charge is 0.486 e. The SMILES string of the molecule is OCc1cnc(COc2ccccc2)s1. The van der Waals surface area contributed by atoms with E-state index >= 15 is 0 Å². The van der Waals surface area contributed by atoms with Crippen molar-refractivity contribution < 1.29 is 9.84 Å². The van der Waals surface area contributed by atoms with Crippen molar-refractivity contribution in [3.8, 4) is 5.75 Å². The van der Waals surface area contributed by atoms with Crippen LogP contribution < -0.4 is 4.74 Å². The van der Waals surface area contributed by atoms with Gasteiger partial charge in [0.15, 0.2) is 0 Å². The summed E-state index contributed by atoms with van der Waals surface area (Å²) in [4.78, 5) is 5.00. The normalized spacial score (nSPS) is 10.2. The first-order valence-corrected chi connectivity index (χ1v) is 5.42. The lowest BCUT2D eigenvalue weighted by molar-refractivity contribution is 0.285. The highest BCUT2D eigenvalue weighted by molar-refractivity contribution is 7.11. The monoisotopic (exact) mass is 221 g/mol. The van der Waals surface area contributed by atoms with Crippen LogP contribution in [0.25, 0.3) is 0 Å². The summed E-state index contributed by atoms with van der Waals surface area (Å²) in [5.74, 6) is 0.832. The number of para-hydroxylation sites is 1. The maximum absolute atomic E-state index is 8.87. The van der Waals surface area contributed by atoms with Gasteiger partial charge in [0.05, 0.1) is 11.5 Å². The van der Waals surface area contributed by atoms with Gasteiger partial charge in [0.2, 0.25) is 0 Å². The fraction of sp³-hybridized carbons (Fsp3) is 0.182. The minimum atomic E-state index is 0.0446. The van der Waals surface area contributed by atoms with Gasteiger partial charge in [0.25, 0.3) is 0 Å². The summed E-state index contributed by atoms with van der Waals surface area (Å²) in [5.41, 5.74) is 0. The molecule has 0 saturated carbocycles. The number of hydrogen-bond acceptors (Lipinski definition) is 4. The van der Waals surface area contributed by atoms with Gasteiger partial charge in [0, 0.05) is 6.20 Å². The third-order valence-corrected chi connectivity index (χ3v) is 2.82. The second kappa shape index (κ2) is 4.91. The van der Waals surface area contributed by atoms with Crippen LogP contribution in [0.15, 0.2) is 36.5 Å². The van der Waals surface area contributed by atoms with E-state index in [-0.39, 0.29) is 6.61 Å². The molecule has 78 valence electrons. The van der Waals surface area contributed by atoms with Gasteiger partial charge in [-0.25, -0.2) is 4.98 Å². The summed E-state index contributed by atoms with van der Waals surface area (Å²) in [6.45, 7) is 0.498. The minimum absolute atomic E-state index is 0.0446. The topological polar surface area (TPSA) is 42.4 Å². The molecule has 0 spiro atoms. The molecule has 2 aromatic rings. The number of hydrogen-bond donors (Lipinski definition) is 1. The quantitative estimate of drug-likeness (QED) is 0.860. The van der Waals surface area contributed by atoms with Gasteiger partial charge < -0.3 is 9.84 Å². The van der Waals surface area contributed by atoms with Crippen molar-refractivity contribution in [3.05, 3.63) is 46.4 Å². The summed E-state index contributed by atoms with van der Waals surface area (Å²) in [7, 11) is 0. The molecule has 0 fully saturated rings. The molecule has 1 aromatic carbocycles. The molecule has 4 heteroatoms. The Morgan fingerprint density at radius 3 is 2.73 bits per heavy atom. The zero-order chi connectivity index (χ0) is 10.5. The number of ether oxygens (including phenoxy) is 1. The minimum Gasteiger partial charge on any atom is -0.486 e. The van der Waals surface area contributed by atoms with Gasteiger partial charge in [-0.15, -0.1) is 11.3 Å². The third-order valence-electron chi connectivity index (χ3n) is 1.86. The number of rotatable bonds is 4. The van der Waals surface area contributed by atoms with Crippen molar-refractivity contribution in [2.45, 2.75) is 13.2 Å².